The Balaban J connectivity index is 1.66. The smallest absolute Gasteiger partial charge is 0.241 e. The van der Waals surface area contributed by atoms with Gasteiger partial charge in [-0.2, -0.15) is 0 Å². The fourth-order valence-electron chi connectivity index (χ4n) is 1.85. The van der Waals surface area contributed by atoms with Gasteiger partial charge in [-0.1, -0.05) is 0 Å². The number of thiophene rings is 1. The van der Waals surface area contributed by atoms with Crippen LogP contribution in [-0.4, -0.2) is 21.0 Å². The van der Waals surface area contributed by atoms with Gasteiger partial charge in [0.15, 0.2) is 0 Å². The van der Waals surface area contributed by atoms with E-state index >= 15 is 0 Å². The van der Waals surface area contributed by atoms with Crippen LogP contribution in [0.5, 0.6) is 0 Å². The highest BCUT2D eigenvalue weighted by Gasteiger charge is 2.27. The zero-order valence-electron chi connectivity index (χ0n) is 10.2. The van der Waals surface area contributed by atoms with Gasteiger partial charge in [0.2, 0.25) is 10.0 Å². The van der Waals surface area contributed by atoms with Crippen LogP contribution in [0.15, 0.2) is 16.3 Å². The molecule has 0 aromatic carbocycles. The Labute approximate surface area is 112 Å². The highest BCUT2D eigenvalue weighted by Crippen LogP contribution is 2.29. The molecule has 0 saturated heterocycles. The fourth-order valence-corrected chi connectivity index (χ4v) is 4.36. The summed E-state index contributed by atoms with van der Waals surface area (Å²) in [6.45, 7) is 1.26. The van der Waals surface area contributed by atoms with Gasteiger partial charge in [0.1, 0.15) is 0 Å². The van der Waals surface area contributed by atoms with Gasteiger partial charge in [-0.05, 0) is 43.0 Å². The molecule has 100 valence electrons. The van der Waals surface area contributed by atoms with Gasteiger partial charge in [-0.3, -0.25) is 0 Å². The van der Waals surface area contributed by atoms with Crippen molar-refractivity contribution >= 4 is 21.4 Å². The van der Waals surface area contributed by atoms with Crippen molar-refractivity contribution in [2.45, 2.75) is 43.2 Å². The summed E-state index contributed by atoms with van der Waals surface area (Å²) in [4.78, 5) is 1.38. The van der Waals surface area contributed by atoms with E-state index in [0.29, 0.717) is 29.9 Å². The molecular weight excluding hydrogens is 268 g/mol. The summed E-state index contributed by atoms with van der Waals surface area (Å²) >= 11 is 1.51. The first-order valence-electron chi connectivity index (χ1n) is 6.44. The molecule has 2 aliphatic rings. The molecule has 2 aliphatic carbocycles. The third-order valence-electron chi connectivity index (χ3n) is 3.38. The first kappa shape index (κ1) is 12.6. The average molecular weight is 286 g/mol. The molecule has 2 N–H and O–H groups in total. The lowest BCUT2D eigenvalue weighted by Gasteiger charge is -2.07. The van der Waals surface area contributed by atoms with E-state index in [4.69, 9.17) is 0 Å². The summed E-state index contributed by atoms with van der Waals surface area (Å²) < 4.78 is 27.1. The molecule has 0 amide bonds. The van der Waals surface area contributed by atoms with Gasteiger partial charge in [0.25, 0.3) is 0 Å². The van der Waals surface area contributed by atoms with Gasteiger partial charge in [0, 0.05) is 24.0 Å². The maximum absolute atomic E-state index is 12.2. The second kappa shape index (κ2) is 4.92. The molecule has 1 heterocycles. The summed E-state index contributed by atoms with van der Waals surface area (Å²) in [5, 5.41) is 5.22. The Bertz CT molecular complexity index is 516. The third kappa shape index (κ3) is 3.12. The van der Waals surface area contributed by atoms with Crippen LogP contribution < -0.4 is 10.0 Å². The standard InChI is InChI=1S/C12H18N2O2S2/c15-18(16,14-7-9-1-2-9)12-5-6-17-11(12)8-13-10-3-4-10/h5-6,9-10,13-14H,1-4,7-8H2. The van der Waals surface area contributed by atoms with Crippen molar-refractivity contribution in [1.82, 2.24) is 10.0 Å². The zero-order chi connectivity index (χ0) is 12.6. The molecule has 3 rings (SSSR count). The van der Waals surface area contributed by atoms with E-state index in [9.17, 15) is 8.42 Å². The molecule has 2 fully saturated rings. The number of sulfonamides is 1. The molecular formula is C12H18N2O2S2. The summed E-state index contributed by atoms with van der Waals surface area (Å²) in [6, 6.07) is 2.31. The van der Waals surface area contributed by atoms with E-state index in [2.05, 4.69) is 10.0 Å². The second-order valence-electron chi connectivity index (χ2n) is 5.16. The number of nitrogens with one attached hydrogen (secondary N) is 2. The Kier molecular flexibility index (Phi) is 3.44. The van der Waals surface area contributed by atoms with Crippen LogP contribution in [0.25, 0.3) is 0 Å². The maximum Gasteiger partial charge on any atom is 0.241 e. The molecule has 4 nitrogen and oxygen atoms in total. The predicted octanol–water partition coefficient (Wildman–Crippen LogP) is 1.69. The van der Waals surface area contributed by atoms with Crippen LogP contribution in [0, 0.1) is 5.92 Å². The van der Waals surface area contributed by atoms with Crippen molar-refractivity contribution in [3.05, 3.63) is 16.3 Å². The molecule has 0 bridgehead atoms. The van der Waals surface area contributed by atoms with Crippen LogP contribution >= 0.6 is 11.3 Å². The third-order valence-corrected chi connectivity index (χ3v) is 5.94. The molecule has 6 heteroatoms. The predicted molar refractivity (Wildman–Crippen MR) is 72.1 cm³/mol. The van der Waals surface area contributed by atoms with Gasteiger partial charge >= 0.3 is 0 Å². The minimum Gasteiger partial charge on any atom is -0.309 e. The summed E-state index contributed by atoms with van der Waals surface area (Å²) in [5.41, 5.74) is 0. The van der Waals surface area contributed by atoms with Crippen LogP contribution in [-0.2, 0) is 16.6 Å². The highest BCUT2D eigenvalue weighted by atomic mass is 32.2. The summed E-state index contributed by atoms with van der Waals surface area (Å²) in [7, 11) is -3.31. The Morgan fingerprint density at radius 1 is 1.28 bits per heavy atom. The monoisotopic (exact) mass is 286 g/mol. The van der Waals surface area contributed by atoms with E-state index in [1.807, 2.05) is 5.38 Å². The molecule has 0 radical (unpaired) electrons. The van der Waals surface area contributed by atoms with Crippen molar-refractivity contribution in [3.63, 3.8) is 0 Å². The largest absolute Gasteiger partial charge is 0.309 e. The lowest BCUT2D eigenvalue weighted by molar-refractivity contribution is 0.575. The maximum atomic E-state index is 12.2. The van der Waals surface area contributed by atoms with E-state index in [1.54, 1.807) is 6.07 Å². The first-order chi connectivity index (χ1) is 8.65. The molecule has 1 aromatic rings. The topological polar surface area (TPSA) is 58.2 Å². The summed E-state index contributed by atoms with van der Waals surface area (Å²) in [6.07, 6.45) is 4.74. The molecule has 0 aliphatic heterocycles. The van der Waals surface area contributed by atoms with Gasteiger partial charge < -0.3 is 5.32 Å². The number of rotatable bonds is 7. The van der Waals surface area contributed by atoms with E-state index < -0.39 is 10.0 Å². The van der Waals surface area contributed by atoms with Gasteiger partial charge in [-0.25, -0.2) is 13.1 Å². The van der Waals surface area contributed by atoms with Crippen molar-refractivity contribution in [2.24, 2.45) is 5.92 Å². The minimum absolute atomic E-state index is 0.460. The first-order valence-corrected chi connectivity index (χ1v) is 8.81. The highest BCUT2D eigenvalue weighted by molar-refractivity contribution is 7.89. The minimum atomic E-state index is -3.31. The SMILES string of the molecule is O=S(=O)(NCC1CC1)c1ccsc1CNC1CC1. The van der Waals surface area contributed by atoms with Crippen molar-refractivity contribution in [3.8, 4) is 0 Å². The molecule has 0 atom stereocenters. The molecule has 0 spiro atoms. The quantitative estimate of drug-likeness (QED) is 0.802. The van der Waals surface area contributed by atoms with Crippen molar-refractivity contribution in [2.75, 3.05) is 6.54 Å². The Morgan fingerprint density at radius 2 is 2.06 bits per heavy atom. The zero-order valence-corrected chi connectivity index (χ0v) is 11.8. The normalized spacial score (nSPS) is 20.2. The van der Waals surface area contributed by atoms with Crippen LogP contribution in [0.4, 0.5) is 0 Å². The number of hydrogen-bond donors (Lipinski definition) is 2. The van der Waals surface area contributed by atoms with Gasteiger partial charge in [0.05, 0.1) is 4.90 Å². The van der Waals surface area contributed by atoms with E-state index in [1.165, 1.54) is 24.2 Å². The van der Waals surface area contributed by atoms with E-state index in [0.717, 1.165) is 17.7 Å². The Morgan fingerprint density at radius 3 is 2.72 bits per heavy atom. The fraction of sp³-hybridized carbons (Fsp3) is 0.667. The van der Waals surface area contributed by atoms with Crippen LogP contribution in [0.3, 0.4) is 0 Å². The molecule has 0 unspecified atom stereocenters. The lowest BCUT2D eigenvalue weighted by atomic mass is 10.4. The van der Waals surface area contributed by atoms with E-state index in [-0.39, 0.29) is 0 Å². The van der Waals surface area contributed by atoms with Gasteiger partial charge in [-0.15, -0.1) is 11.3 Å². The molecule has 1 aromatic heterocycles. The lowest BCUT2D eigenvalue weighted by Crippen LogP contribution is -2.27. The molecule has 2 saturated carbocycles. The van der Waals surface area contributed by atoms with Crippen molar-refractivity contribution < 1.29 is 8.42 Å². The second-order valence-corrected chi connectivity index (χ2v) is 7.89. The van der Waals surface area contributed by atoms with Crippen LogP contribution in [0.2, 0.25) is 0 Å². The molecule has 18 heavy (non-hydrogen) atoms. The number of hydrogen-bond acceptors (Lipinski definition) is 4. The van der Waals surface area contributed by atoms with Crippen LogP contribution in [0.1, 0.15) is 30.6 Å². The Hall–Kier alpha value is -0.430. The summed E-state index contributed by atoms with van der Waals surface area (Å²) in [5.74, 6) is 0.562. The van der Waals surface area contributed by atoms with Crippen molar-refractivity contribution in [1.29, 1.82) is 0 Å². The average Bonchev–Trinajstić information content (AvgIpc) is 3.24.